The SMILES string of the molecule is CO[C@@]1(NC(=O)C(N)c2ccc(OCC(=O)O)cc2)C(=O)N2C(C(=O)O)=C(CSc3nnnn3CC(=O)O)CS[C@H]21.O=C(O)C(F)(F)F. The van der Waals surface area contributed by atoms with Crippen LogP contribution in [0.15, 0.2) is 40.7 Å². The molecular weight excluding hydrogens is 699 g/mol. The molecule has 260 valence electrons. The van der Waals surface area contributed by atoms with Gasteiger partial charge in [-0.1, -0.05) is 23.9 Å². The lowest BCUT2D eigenvalue weighted by atomic mass is 9.97. The van der Waals surface area contributed by atoms with Gasteiger partial charge in [0.25, 0.3) is 11.6 Å². The molecule has 0 bridgehead atoms. The molecule has 0 spiro atoms. The number of ether oxygens (including phenoxy) is 2. The summed E-state index contributed by atoms with van der Waals surface area (Å²) in [6, 6.07) is 4.56. The quantitative estimate of drug-likeness (QED) is 0.0851. The number of aromatic nitrogens is 4. The van der Waals surface area contributed by atoms with Gasteiger partial charge in [0.1, 0.15) is 29.4 Å². The zero-order chi connectivity index (χ0) is 36.0. The number of alkyl halides is 3. The van der Waals surface area contributed by atoms with Crippen molar-refractivity contribution in [2.45, 2.75) is 35.0 Å². The Morgan fingerprint density at radius 2 is 1.77 bits per heavy atom. The van der Waals surface area contributed by atoms with Crippen molar-refractivity contribution in [2.24, 2.45) is 5.73 Å². The highest BCUT2D eigenvalue weighted by atomic mass is 32.2. The van der Waals surface area contributed by atoms with Gasteiger partial charge < -0.3 is 41.0 Å². The first-order valence-corrected chi connectivity index (χ1v) is 14.8. The zero-order valence-electron chi connectivity index (χ0n) is 24.1. The summed E-state index contributed by atoms with van der Waals surface area (Å²) >= 11 is 2.17. The van der Waals surface area contributed by atoms with Gasteiger partial charge in [-0.3, -0.25) is 19.3 Å². The Kier molecular flexibility index (Phi) is 12.0. The number of carboxylic acid groups (broad SMARTS) is 4. The number of aliphatic carboxylic acids is 4. The maximum Gasteiger partial charge on any atom is 0.490 e. The number of amides is 2. The van der Waals surface area contributed by atoms with E-state index in [4.69, 9.17) is 35.3 Å². The minimum Gasteiger partial charge on any atom is -0.482 e. The van der Waals surface area contributed by atoms with E-state index in [0.717, 1.165) is 33.1 Å². The minimum atomic E-state index is -5.08. The molecule has 48 heavy (non-hydrogen) atoms. The molecule has 4 rings (SSSR count). The Balaban J connectivity index is 0.000000804. The van der Waals surface area contributed by atoms with Crippen molar-refractivity contribution in [1.29, 1.82) is 0 Å². The second kappa shape index (κ2) is 15.3. The van der Waals surface area contributed by atoms with Gasteiger partial charge in [0, 0.05) is 18.6 Å². The number of nitrogens with two attached hydrogens (primary N) is 1. The summed E-state index contributed by atoms with van der Waals surface area (Å²) in [6.07, 6.45) is -5.08. The summed E-state index contributed by atoms with van der Waals surface area (Å²) in [6.45, 7) is -1.03. The van der Waals surface area contributed by atoms with Crippen LogP contribution in [0.4, 0.5) is 13.2 Å². The monoisotopic (exact) mass is 723 g/mol. The van der Waals surface area contributed by atoms with Gasteiger partial charge in [-0.15, -0.1) is 16.9 Å². The van der Waals surface area contributed by atoms with Crippen LogP contribution in [-0.2, 0) is 40.0 Å². The summed E-state index contributed by atoms with van der Waals surface area (Å²) in [5, 5.41) is 47.3. The normalized spacial score (nSPS) is 19.2. The number of nitrogens with one attached hydrogen (secondary N) is 1. The largest absolute Gasteiger partial charge is 0.490 e. The molecule has 1 unspecified atom stereocenters. The maximum absolute atomic E-state index is 13.3. The van der Waals surface area contributed by atoms with Crippen LogP contribution < -0.4 is 15.8 Å². The Morgan fingerprint density at radius 1 is 1.15 bits per heavy atom. The number of rotatable bonds is 13. The van der Waals surface area contributed by atoms with Crippen LogP contribution in [0.3, 0.4) is 0 Å². The number of carbonyl (C=O) groups is 6. The Labute approximate surface area is 274 Å². The van der Waals surface area contributed by atoms with Gasteiger partial charge >= 0.3 is 30.1 Å². The summed E-state index contributed by atoms with van der Waals surface area (Å²) in [4.78, 5) is 70.2. The first kappa shape index (κ1) is 37.5. The number of thioether (sulfide) groups is 2. The number of hydrogen-bond donors (Lipinski definition) is 6. The van der Waals surface area contributed by atoms with Crippen LogP contribution >= 0.6 is 23.5 Å². The average molecular weight is 724 g/mol. The fraction of sp³-hybridized carbons (Fsp3) is 0.375. The predicted molar refractivity (Wildman–Crippen MR) is 152 cm³/mol. The fourth-order valence-electron chi connectivity index (χ4n) is 4.06. The van der Waals surface area contributed by atoms with Crippen LogP contribution in [0.5, 0.6) is 5.75 Å². The summed E-state index contributed by atoms with van der Waals surface area (Å²) in [5.74, 6) is -7.58. The third kappa shape index (κ3) is 8.50. The van der Waals surface area contributed by atoms with Crippen LogP contribution in [0.25, 0.3) is 0 Å². The Hall–Kier alpha value is -4.94. The second-order valence-corrected chi connectivity index (χ2v) is 11.4. The number of carbonyl (C=O) groups excluding carboxylic acids is 2. The Morgan fingerprint density at radius 3 is 2.29 bits per heavy atom. The van der Waals surface area contributed by atoms with Crippen molar-refractivity contribution in [1.82, 2.24) is 30.4 Å². The highest BCUT2D eigenvalue weighted by molar-refractivity contribution is 8.01. The van der Waals surface area contributed by atoms with Crippen LogP contribution in [0.2, 0.25) is 0 Å². The van der Waals surface area contributed by atoms with E-state index in [2.05, 4.69) is 20.8 Å². The topological polar surface area (TPSA) is 287 Å². The van der Waals surface area contributed by atoms with Crippen molar-refractivity contribution in [3.05, 3.63) is 41.1 Å². The molecule has 2 aromatic rings. The first-order valence-electron chi connectivity index (χ1n) is 12.8. The lowest BCUT2D eigenvalue weighted by Gasteiger charge is -2.56. The van der Waals surface area contributed by atoms with E-state index in [1.165, 1.54) is 31.4 Å². The van der Waals surface area contributed by atoms with Crippen molar-refractivity contribution in [2.75, 3.05) is 25.2 Å². The number of benzene rings is 1. The molecule has 1 fully saturated rings. The molecule has 3 atom stereocenters. The van der Waals surface area contributed by atoms with Gasteiger partial charge in [0.05, 0.1) is 0 Å². The number of tetrazole rings is 1. The molecule has 1 saturated heterocycles. The molecule has 3 heterocycles. The van der Waals surface area contributed by atoms with Crippen molar-refractivity contribution < 1.29 is 71.8 Å². The summed E-state index contributed by atoms with van der Waals surface area (Å²) < 4.78 is 43.3. The smallest absolute Gasteiger partial charge is 0.482 e. The van der Waals surface area contributed by atoms with E-state index in [1.54, 1.807) is 0 Å². The first-order chi connectivity index (χ1) is 22.4. The molecule has 7 N–H and O–H groups in total. The molecule has 2 aliphatic rings. The van der Waals surface area contributed by atoms with E-state index >= 15 is 0 Å². The lowest BCUT2D eigenvalue weighted by molar-refractivity contribution is -0.192. The number of halogens is 3. The lowest BCUT2D eigenvalue weighted by Crippen LogP contribution is -2.81. The number of fused-ring (bicyclic) bond motifs is 1. The van der Waals surface area contributed by atoms with E-state index in [1.807, 2.05) is 0 Å². The number of methoxy groups -OCH3 is 1. The van der Waals surface area contributed by atoms with Gasteiger partial charge in [-0.05, 0) is 33.7 Å². The summed E-state index contributed by atoms with van der Waals surface area (Å²) in [5.41, 5.74) is 4.63. The minimum absolute atomic E-state index is 0.0501. The molecular formula is C24H24F3N7O12S2. The second-order valence-electron chi connectivity index (χ2n) is 9.36. The average Bonchev–Trinajstić information content (AvgIpc) is 3.46. The number of β-lactam (4-membered cyclic amide) rings is 1. The predicted octanol–water partition coefficient (Wildman–Crippen LogP) is -0.641. The molecule has 0 saturated carbocycles. The van der Waals surface area contributed by atoms with Crippen molar-refractivity contribution in [3.8, 4) is 5.75 Å². The molecule has 0 radical (unpaired) electrons. The number of hydrogen-bond acceptors (Lipinski definition) is 14. The molecule has 19 nitrogen and oxygen atoms in total. The fourth-order valence-corrected chi connectivity index (χ4v) is 6.52. The number of carboxylic acids is 4. The van der Waals surface area contributed by atoms with Gasteiger partial charge in [-0.2, -0.15) is 13.2 Å². The molecule has 1 aromatic carbocycles. The van der Waals surface area contributed by atoms with Crippen molar-refractivity contribution >= 4 is 59.2 Å². The van der Waals surface area contributed by atoms with E-state index in [-0.39, 0.29) is 28.1 Å². The third-order valence-electron chi connectivity index (χ3n) is 6.23. The van der Waals surface area contributed by atoms with E-state index in [0.29, 0.717) is 11.1 Å². The van der Waals surface area contributed by atoms with Crippen LogP contribution in [0, 0.1) is 0 Å². The van der Waals surface area contributed by atoms with Crippen LogP contribution in [0.1, 0.15) is 11.6 Å². The summed E-state index contributed by atoms with van der Waals surface area (Å²) in [7, 11) is 1.20. The highest BCUT2D eigenvalue weighted by Gasteiger charge is 2.66. The highest BCUT2D eigenvalue weighted by Crippen LogP contribution is 2.47. The van der Waals surface area contributed by atoms with Gasteiger partial charge in [0.2, 0.25) is 11.1 Å². The standard InChI is InChI=1S/C22H23N7O10S2.C2HF3O2/c1-38-22(24-17(34)15(23)10-2-4-12(5-3-10)39-7-14(32)33)19(37)29-16(18(35)36)11(8-40-20(22)29)9-41-21-25-26-27-28(21)6-13(30)31;3-2(4,5)1(6)7/h2-5,15,20H,6-9,23H2,1H3,(H,24,34)(H,30,31)(H,32,33)(H,35,36);(H,6,7)/t15?,20-,22-;/m0./s1. The Bertz CT molecular complexity index is 1620. The number of nitrogens with zero attached hydrogens (tertiary/aromatic N) is 5. The van der Waals surface area contributed by atoms with E-state index < -0.39 is 72.2 Å². The maximum atomic E-state index is 13.3. The van der Waals surface area contributed by atoms with Gasteiger partial charge in [-0.25, -0.2) is 19.1 Å². The molecule has 1 aromatic heterocycles. The van der Waals surface area contributed by atoms with Crippen molar-refractivity contribution in [3.63, 3.8) is 0 Å². The van der Waals surface area contributed by atoms with Crippen LogP contribution in [-0.4, -0.2) is 124 Å². The zero-order valence-corrected chi connectivity index (χ0v) is 25.7. The molecule has 2 aliphatic heterocycles. The molecule has 2 amide bonds. The van der Waals surface area contributed by atoms with E-state index in [9.17, 15) is 42.3 Å². The molecule has 0 aliphatic carbocycles. The van der Waals surface area contributed by atoms with Gasteiger partial charge in [0.15, 0.2) is 6.61 Å². The third-order valence-corrected chi connectivity index (χ3v) is 8.65. The molecule has 24 heteroatoms.